The summed E-state index contributed by atoms with van der Waals surface area (Å²) < 4.78 is 31.6. The van der Waals surface area contributed by atoms with Crippen LogP contribution in [0.2, 0.25) is 0 Å². The van der Waals surface area contributed by atoms with Gasteiger partial charge in [-0.25, -0.2) is 13.8 Å². The van der Waals surface area contributed by atoms with E-state index in [-0.39, 0.29) is 11.6 Å². The first-order chi connectivity index (χ1) is 9.01. The van der Waals surface area contributed by atoms with Gasteiger partial charge in [0.1, 0.15) is 5.75 Å². The minimum Gasteiger partial charge on any atom is -0.497 e. The number of pyridine rings is 1. The van der Waals surface area contributed by atoms with Gasteiger partial charge in [-0.3, -0.25) is 0 Å². The summed E-state index contributed by atoms with van der Waals surface area (Å²) in [5.74, 6) is -1.46. The zero-order valence-corrected chi connectivity index (χ0v) is 10.5. The topological polar surface area (TPSA) is 60.2 Å². The van der Waals surface area contributed by atoms with Crippen LogP contribution >= 0.6 is 0 Å². The molecular formula is C13H13F2N3O. The number of halogens is 2. The van der Waals surface area contributed by atoms with Gasteiger partial charge < -0.3 is 15.8 Å². The van der Waals surface area contributed by atoms with Crippen molar-refractivity contribution in [1.29, 1.82) is 0 Å². The van der Waals surface area contributed by atoms with Crippen LogP contribution in [0.5, 0.6) is 5.75 Å². The van der Waals surface area contributed by atoms with Gasteiger partial charge in [0.25, 0.3) is 0 Å². The minimum absolute atomic E-state index is 0.118. The molecule has 1 heterocycles. The monoisotopic (exact) mass is 265 g/mol. The largest absolute Gasteiger partial charge is 0.497 e. The summed E-state index contributed by atoms with van der Waals surface area (Å²) >= 11 is 0. The quantitative estimate of drug-likeness (QED) is 0.895. The number of hydrogen-bond acceptors (Lipinski definition) is 4. The van der Waals surface area contributed by atoms with Crippen LogP contribution in [0.15, 0.2) is 24.3 Å². The molecule has 2 aromatic rings. The highest BCUT2D eigenvalue weighted by molar-refractivity contribution is 5.63. The first kappa shape index (κ1) is 13.1. The minimum atomic E-state index is -0.880. The molecule has 0 radical (unpaired) electrons. The Hall–Kier alpha value is -2.37. The van der Waals surface area contributed by atoms with Crippen molar-refractivity contribution in [3.8, 4) is 5.75 Å². The maximum atomic E-state index is 13.5. The maximum absolute atomic E-state index is 13.5. The average molecular weight is 265 g/mol. The Kier molecular flexibility index (Phi) is 3.50. The van der Waals surface area contributed by atoms with E-state index in [0.29, 0.717) is 17.5 Å². The number of aryl methyl sites for hydroxylation is 1. The molecular weight excluding hydrogens is 252 g/mol. The van der Waals surface area contributed by atoms with Crippen molar-refractivity contribution in [3.05, 3.63) is 41.5 Å². The molecule has 1 aromatic carbocycles. The van der Waals surface area contributed by atoms with Crippen LogP contribution in [-0.4, -0.2) is 12.1 Å². The van der Waals surface area contributed by atoms with E-state index >= 15 is 0 Å². The summed E-state index contributed by atoms with van der Waals surface area (Å²) in [6, 6.07) is 5.92. The molecule has 0 aliphatic carbocycles. The summed E-state index contributed by atoms with van der Waals surface area (Å²) in [5, 5.41) is 2.77. The molecule has 0 atom stereocenters. The molecule has 0 saturated heterocycles. The van der Waals surface area contributed by atoms with Crippen molar-refractivity contribution < 1.29 is 13.5 Å². The van der Waals surface area contributed by atoms with Crippen molar-refractivity contribution in [2.75, 3.05) is 18.2 Å². The second-order valence-corrected chi connectivity index (χ2v) is 3.99. The highest BCUT2D eigenvalue weighted by atomic mass is 19.1. The maximum Gasteiger partial charge on any atom is 0.169 e. The Bertz CT molecular complexity index is 617. The van der Waals surface area contributed by atoms with Gasteiger partial charge in [-0.1, -0.05) is 0 Å². The van der Waals surface area contributed by atoms with Crippen molar-refractivity contribution in [2.24, 2.45) is 0 Å². The molecule has 0 saturated carbocycles. The van der Waals surface area contributed by atoms with Crippen LogP contribution in [0.4, 0.5) is 26.1 Å². The van der Waals surface area contributed by atoms with E-state index < -0.39 is 11.6 Å². The molecule has 0 fully saturated rings. The molecule has 0 aliphatic rings. The van der Waals surface area contributed by atoms with Crippen LogP contribution < -0.4 is 15.8 Å². The molecule has 0 spiro atoms. The Morgan fingerprint density at radius 3 is 2.58 bits per heavy atom. The molecule has 3 N–H and O–H groups in total. The zero-order chi connectivity index (χ0) is 14.0. The molecule has 19 heavy (non-hydrogen) atoms. The fraction of sp³-hybridized carbons (Fsp3) is 0.154. The molecule has 2 rings (SSSR count). The van der Waals surface area contributed by atoms with Crippen LogP contribution in [0.3, 0.4) is 0 Å². The third-order valence-electron chi connectivity index (χ3n) is 2.64. The second-order valence-electron chi connectivity index (χ2n) is 3.99. The highest BCUT2D eigenvalue weighted by Crippen LogP contribution is 2.26. The van der Waals surface area contributed by atoms with Gasteiger partial charge in [0.05, 0.1) is 7.11 Å². The summed E-state index contributed by atoms with van der Waals surface area (Å²) in [6.07, 6.45) is 0. The number of benzene rings is 1. The first-order valence-electron chi connectivity index (χ1n) is 5.54. The lowest BCUT2D eigenvalue weighted by molar-refractivity contribution is 0.414. The van der Waals surface area contributed by atoms with Gasteiger partial charge in [-0.05, 0) is 30.7 Å². The van der Waals surface area contributed by atoms with Gasteiger partial charge >= 0.3 is 0 Å². The molecule has 6 heteroatoms. The Morgan fingerprint density at radius 1 is 1.21 bits per heavy atom. The van der Waals surface area contributed by atoms with Gasteiger partial charge in [0.2, 0.25) is 0 Å². The SMILES string of the molecule is COc1ccc(Nc2nc(N)c(F)cc2F)c(C)c1. The predicted octanol–water partition coefficient (Wildman–Crippen LogP) is 3.00. The van der Waals surface area contributed by atoms with Crippen molar-refractivity contribution >= 4 is 17.3 Å². The van der Waals surface area contributed by atoms with Crippen LogP contribution in [0.1, 0.15) is 5.56 Å². The summed E-state index contributed by atoms with van der Waals surface area (Å²) in [4.78, 5) is 3.64. The van der Waals surface area contributed by atoms with E-state index in [9.17, 15) is 8.78 Å². The smallest absolute Gasteiger partial charge is 0.169 e. The lowest BCUT2D eigenvalue weighted by atomic mass is 10.2. The zero-order valence-electron chi connectivity index (χ0n) is 10.5. The van der Waals surface area contributed by atoms with E-state index in [1.165, 1.54) is 0 Å². The van der Waals surface area contributed by atoms with E-state index in [1.54, 1.807) is 25.3 Å². The molecule has 0 aliphatic heterocycles. The number of anilines is 3. The number of nitrogens with one attached hydrogen (secondary N) is 1. The third-order valence-corrected chi connectivity index (χ3v) is 2.64. The van der Waals surface area contributed by atoms with Crippen LogP contribution in [0, 0.1) is 18.6 Å². The van der Waals surface area contributed by atoms with E-state index in [1.807, 2.05) is 6.92 Å². The van der Waals surface area contributed by atoms with Gasteiger partial charge in [0.15, 0.2) is 23.3 Å². The molecule has 100 valence electrons. The molecule has 0 bridgehead atoms. The van der Waals surface area contributed by atoms with E-state index in [4.69, 9.17) is 10.5 Å². The predicted molar refractivity (Wildman–Crippen MR) is 69.6 cm³/mol. The van der Waals surface area contributed by atoms with E-state index in [2.05, 4.69) is 10.3 Å². The van der Waals surface area contributed by atoms with Crippen LogP contribution in [0.25, 0.3) is 0 Å². The van der Waals surface area contributed by atoms with Crippen molar-refractivity contribution in [3.63, 3.8) is 0 Å². The fourth-order valence-electron chi connectivity index (χ4n) is 1.60. The van der Waals surface area contributed by atoms with Crippen molar-refractivity contribution in [2.45, 2.75) is 6.92 Å². The number of nitrogen functional groups attached to an aromatic ring is 1. The number of nitrogens with two attached hydrogens (primary N) is 1. The van der Waals surface area contributed by atoms with Crippen LogP contribution in [-0.2, 0) is 0 Å². The first-order valence-corrected chi connectivity index (χ1v) is 5.54. The Morgan fingerprint density at radius 2 is 1.95 bits per heavy atom. The summed E-state index contributed by atoms with van der Waals surface area (Å²) in [6.45, 7) is 1.83. The third kappa shape index (κ3) is 2.73. The number of methoxy groups -OCH3 is 1. The normalized spacial score (nSPS) is 10.3. The second kappa shape index (κ2) is 5.09. The summed E-state index contributed by atoms with van der Waals surface area (Å²) in [7, 11) is 1.56. The number of hydrogen-bond donors (Lipinski definition) is 2. The van der Waals surface area contributed by atoms with Gasteiger partial charge in [-0.15, -0.1) is 0 Å². The summed E-state index contributed by atoms with van der Waals surface area (Å²) in [5.41, 5.74) is 6.79. The fourth-order valence-corrected chi connectivity index (χ4v) is 1.60. The molecule has 0 unspecified atom stereocenters. The lowest BCUT2D eigenvalue weighted by Crippen LogP contribution is -2.04. The lowest BCUT2D eigenvalue weighted by Gasteiger charge is -2.11. The standard InChI is InChI=1S/C13H13F2N3O/c1-7-5-8(19-2)3-4-11(7)17-13-10(15)6-9(14)12(16)18-13/h3-6H,1-2H3,(H3,16,17,18). The number of rotatable bonds is 3. The number of ether oxygens (including phenoxy) is 1. The molecule has 0 amide bonds. The average Bonchev–Trinajstić information content (AvgIpc) is 2.38. The van der Waals surface area contributed by atoms with E-state index in [0.717, 1.165) is 5.56 Å². The number of nitrogens with zero attached hydrogens (tertiary/aromatic N) is 1. The van der Waals surface area contributed by atoms with Crippen molar-refractivity contribution in [1.82, 2.24) is 4.98 Å². The van der Waals surface area contributed by atoms with Gasteiger partial charge in [0, 0.05) is 11.8 Å². The highest BCUT2D eigenvalue weighted by Gasteiger charge is 2.11. The number of aromatic nitrogens is 1. The Labute approximate surface area is 109 Å². The molecule has 4 nitrogen and oxygen atoms in total. The van der Waals surface area contributed by atoms with Gasteiger partial charge in [-0.2, -0.15) is 0 Å². The molecule has 1 aromatic heterocycles. The Balaban J connectivity index is 2.33.